The molecule has 1 aliphatic rings. The van der Waals surface area contributed by atoms with Crippen LogP contribution in [0.2, 0.25) is 0 Å². The van der Waals surface area contributed by atoms with Crippen molar-refractivity contribution in [2.24, 2.45) is 0 Å². The molecule has 0 saturated carbocycles. The number of hydrogen-bond donors (Lipinski definition) is 1. The molecule has 1 N–H and O–H groups in total. The monoisotopic (exact) mass is 285 g/mol. The summed E-state index contributed by atoms with van der Waals surface area (Å²) in [6.45, 7) is 0.519. The highest BCUT2D eigenvalue weighted by atomic mass is 16.4. The molecule has 0 aliphatic carbocycles. The topological polar surface area (TPSA) is 76.2 Å². The number of H-pyrrole nitrogens is 1. The van der Waals surface area contributed by atoms with Crippen LogP contribution in [0, 0.1) is 0 Å². The fourth-order valence-corrected chi connectivity index (χ4v) is 3.03. The van der Waals surface area contributed by atoms with Gasteiger partial charge in [0.25, 0.3) is 0 Å². The normalized spacial score (nSPS) is 18.3. The van der Waals surface area contributed by atoms with Gasteiger partial charge >= 0.3 is 0 Å². The minimum Gasteiger partial charge on any atom is -0.548 e. The Bertz CT molecular complexity index is 677. The number of nitrogens with zero attached hydrogens (tertiary/aromatic N) is 1. The first-order valence-corrected chi connectivity index (χ1v) is 7.22. The number of rotatable bonds is 4. The second-order valence-electron chi connectivity index (χ2n) is 5.42. The zero-order valence-electron chi connectivity index (χ0n) is 11.7. The number of aliphatic carboxylic acids is 1. The fourth-order valence-electron chi connectivity index (χ4n) is 3.03. The summed E-state index contributed by atoms with van der Waals surface area (Å²) in [4.78, 5) is 27.9. The molecule has 1 aromatic heterocycles. The first kappa shape index (κ1) is 13.7. The van der Waals surface area contributed by atoms with Crippen LogP contribution in [0.1, 0.15) is 24.8 Å². The Kier molecular flexibility index (Phi) is 3.64. The molecule has 0 unspecified atom stereocenters. The van der Waals surface area contributed by atoms with Crippen molar-refractivity contribution < 1.29 is 14.7 Å². The predicted molar refractivity (Wildman–Crippen MR) is 76.4 cm³/mol. The average molecular weight is 285 g/mol. The van der Waals surface area contributed by atoms with E-state index in [4.69, 9.17) is 0 Å². The molecule has 0 spiro atoms. The number of benzene rings is 1. The predicted octanol–water partition coefficient (Wildman–Crippen LogP) is 0.841. The number of carbonyl (C=O) groups is 2. The number of carbonyl (C=O) groups excluding carboxylic acids is 2. The van der Waals surface area contributed by atoms with Gasteiger partial charge in [-0.25, -0.2) is 0 Å². The molecule has 110 valence electrons. The number of likely N-dealkylation sites (tertiary alicyclic amines) is 1. The molecule has 1 saturated heterocycles. The largest absolute Gasteiger partial charge is 0.548 e. The van der Waals surface area contributed by atoms with Gasteiger partial charge in [-0.3, -0.25) is 4.79 Å². The van der Waals surface area contributed by atoms with Crippen molar-refractivity contribution in [1.82, 2.24) is 9.88 Å². The maximum atomic E-state index is 12.2. The molecule has 1 aliphatic heterocycles. The lowest BCUT2D eigenvalue weighted by molar-refractivity contribution is -0.310. The summed E-state index contributed by atoms with van der Waals surface area (Å²) >= 11 is 0. The van der Waals surface area contributed by atoms with E-state index in [1.54, 1.807) is 0 Å². The molecule has 5 heteroatoms. The number of aryl methyl sites for hydroxylation is 1. The standard InChI is InChI=1S/C16H18N2O3/c19-15(18-9-3-6-14(18)16(20)21)8-7-11-10-17-13-5-2-1-4-12(11)13/h1-2,4-5,10,14,17H,3,6-9H2,(H,20,21)/p-1/t14-/m1/s1. The van der Waals surface area contributed by atoms with Gasteiger partial charge in [0.05, 0.1) is 12.0 Å². The van der Waals surface area contributed by atoms with Crippen molar-refractivity contribution in [2.45, 2.75) is 31.7 Å². The number of carboxylic acids is 1. The Balaban J connectivity index is 1.67. The molecule has 1 fully saturated rings. The van der Waals surface area contributed by atoms with E-state index in [0.717, 1.165) is 22.9 Å². The summed E-state index contributed by atoms with van der Waals surface area (Å²) in [6, 6.07) is 7.19. The molecule has 0 radical (unpaired) electrons. The molecule has 2 heterocycles. The summed E-state index contributed by atoms with van der Waals surface area (Å²) in [5.74, 6) is -1.25. The van der Waals surface area contributed by atoms with Crippen LogP contribution in [0.4, 0.5) is 0 Å². The van der Waals surface area contributed by atoms with E-state index in [1.807, 2.05) is 30.5 Å². The smallest absolute Gasteiger partial charge is 0.223 e. The zero-order chi connectivity index (χ0) is 14.8. The summed E-state index contributed by atoms with van der Waals surface area (Å²) < 4.78 is 0. The summed E-state index contributed by atoms with van der Waals surface area (Å²) in [5, 5.41) is 12.1. The van der Waals surface area contributed by atoms with Gasteiger partial charge < -0.3 is 19.8 Å². The summed E-state index contributed by atoms with van der Waals surface area (Å²) in [6.07, 6.45) is 4.08. The lowest BCUT2D eigenvalue weighted by atomic mass is 10.1. The number of aromatic amines is 1. The number of hydrogen-bond acceptors (Lipinski definition) is 3. The third-order valence-electron chi connectivity index (χ3n) is 4.13. The number of carboxylic acid groups (broad SMARTS) is 1. The van der Waals surface area contributed by atoms with Crippen LogP contribution in [-0.4, -0.2) is 34.3 Å². The fraction of sp³-hybridized carbons (Fsp3) is 0.375. The van der Waals surface area contributed by atoms with E-state index in [1.165, 1.54) is 4.90 Å². The number of amides is 1. The minimum absolute atomic E-state index is 0.105. The van der Waals surface area contributed by atoms with Gasteiger partial charge in [-0.2, -0.15) is 0 Å². The first-order valence-electron chi connectivity index (χ1n) is 7.22. The number of nitrogens with one attached hydrogen (secondary N) is 1. The van der Waals surface area contributed by atoms with Gasteiger partial charge in [0.1, 0.15) is 0 Å². The number of fused-ring (bicyclic) bond motifs is 1. The van der Waals surface area contributed by atoms with Gasteiger partial charge in [0.2, 0.25) is 5.91 Å². The van der Waals surface area contributed by atoms with E-state index in [9.17, 15) is 14.7 Å². The van der Waals surface area contributed by atoms with Gasteiger partial charge in [-0.15, -0.1) is 0 Å². The van der Waals surface area contributed by atoms with Gasteiger partial charge in [0, 0.05) is 30.1 Å². The van der Waals surface area contributed by atoms with E-state index in [0.29, 0.717) is 25.8 Å². The summed E-state index contributed by atoms with van der Waals surface area (Å²) in [7, 11) is 0. The molecule has 3 rings (SSSR count). The van der Waals surface area contributed by atoms with Crippen LogP contribution in [0.3, 0.4) is 0 Å². The van der Waals surface area contributed by atoms with Gasteiger partial charge in [0.15, 0.2) is 0 Å². The van der Waals surface area contributed by atoms with Crippen molar-refractivity contribution in [3.63, 3.8) is 0 Å². The van der Waals surface area contributed by atoms with Crippen LogP contribution < -0.4 is 5.11 Å². The Morgan fingerprint density at radius 3 is 2.95 bits per heavy atom. The molecule has 1 atom stereocenters. The lowest BCUT2D eigenvalue weighted by Gasteiger charge is -2.25. The number of para-hydroxylation sites is 1. The highest BCUT2D eigenvalue weighted by Gasteiger charge is 2.29. The Morgan fingerprint density at radius 1 is 1.33 bits per heavy atom. The van der Waals surface area contributed by atoms with Crippen molar-refractivity contribution in [3.8, 4) is 0 Å². The quantitative estimate of drug-likeness (QED) is 0.904. The van der Waals surface area contributed by atoms with E-state index in [2.05, 4.69) is 4.98 Å². The zero-order valence-corrected chi connectivity index (χ0v) is 11.7. The highest BCUT2D eigenvalue weighted by Crippen LogP contribution is 2.21. The molecule has 1 amide bonds. The van der Waals surface area contributed by atoms with Crippen molar-refractivity contribution in [2.75, 3.05) is 6.54 Å². The Labute approximate surface area is 122 Å². The van der Waals surface area contributed by atoms with Crippen LogP contribution in [0.5, 0.6) is 0 Å². The van der Waals surface area contributed by atoms with Crippen molar-refractivity contribution in [1.29, 1.82) is 0 Å². The molecule has 0 bridgehead atoms. The van der Waals surface area contributed by atoms with Crippen LogP contribution in [0.15, 0.2) is 30.5 Å². The maximum absolute atomic E-state index is 12.2. The average Bonchev–Trinajstić information content (AvgIpc) is 3.12. The molecule has 2 aromatic rings. The summed E-state index contributed by atoms with van der Waals surface area (Å²) in [5.41, 5.74) is 2.14. The van der Waals surface area contributed by atoms with E-state index in [-0.39, 0.29) is 5.91 Å². The molecule has 5 nitrogen and oxygen atoms in total. The lowest BCUT2D eigenvalue weighted by Crippen LogP contribution is -2.47. The van der Waals surface area contributed by atoms with Crippen LogP contribution in [-0.2, 0) is 16.0 Å². The molecule has 21 heavy (non-hydrogen) atoms. The third-order valence-corrected chi connectivity index (χ3v) is 4.13. The second-order valence-corrected chi connectivity index (χ2v) is 5.42. The maximum Gasteiger partial charge on any atom is 0.223 e. The Hall–Kier alpha value is -2.30. The SMILES string of the molecule is O=C([O-])[C@H]1CCCN1C(=O)CCc1c[nH]c2ccccc12. The van der Waals surface area contributed by atoms with E-state index >= 15 is 0 Å². The molecule has 1 aromatic carbocycles. The van der Waals surface area contributed by atoms with Gasteiger partial charge in [-0.1, -0.05) is 18.2 Å². The van der Waals surface area contributed by atoms with Gasteiger partial charge in [-0.05, 0) is 30.9 Å². The first-order chi connectivity index (χ1) is 10.2. The van der Waals surface area contributed by atoms with Crippen LogP contribution >= 0.6 is 0 Å². The highest BCUT2D eigenvalue weighted by molar-refractivity contribution is 5.86. The molecular weight excluding hydrogens is 268 g/mol. The number of aromatic nitrogens is 1. The van der Waals surface area contributed by atoms with Crippen LogP contribution in [0.25, 0.3) is 10.9 Å². The van der Waals surface area contributed by atoms with E-state index < -0.39 is 12.0 Å². The minimum atomic E-state index is -1.15. The van der Waals surface area contributed by atoms with Crippen molar-refractivity contribution in [3.05, 3.63) is 36.0 Å². The molecular formula is C16H17N2O3-. The van der Waals surface area contributed by atoms with Crippen molar-refractivity contribution >= 4 is 22.8 Å². The third kappa shape index (κ3) is 2.63. The Morgan fingerprint density at radius 2 is 2.14 bits per heavy atom. The second kappa shape index (κ2) is 5.60.